The number of hydrazine groups is 1. The van der Waals surface area contributed by atoms with Gasteiger partial charge in [0.1, 0.15) is 0 Å². The van der Waals surface area contributed by atoms with Crippen molar-refractivity contribution in [1.29, 1.82) is 0 Å². The van der Waals surface area contributed by atoms with Crippen LogP contribution in [0.3, 0.4) is 0 Å². The molecule has 0 aromatic heterocycles. The molecule has 0 atom stereocenters. The highest BCUT2D eigenvalue weighted by atomic mass is 79.9. The second-order valence-corrected chi connectivity index (χ2v) is 4.91. The van der Waals surface area contributed by atoms with Gasteiger partial charge in [-0.2, -0.15) is 4.94 Å². The summed E-state index contributed by atoms with van der Waals surface area (Å²) in [5, 5.41) is 9.63. The molecular weight excluding hydrogens is 402 g/mol. The molecule has 0 amide bonds. The van der Waals surface area contributed by atoms with Crippen LogP contribution in [-0.2, 0) is 4.94 Å². The molecule has 0 spiro atoms. The summed E-state index contributed by atoms with van der Waals surface area (Å²) in [6.45, 7) is 0. The maximum atomic E-state index is 10.1. The molecule has 0 heterocycles. The van der Waals surface area contributed by atoms with E-state index in [1.54, 1.807) is 12.1 Å². The number of benzene rings is 1. The molecule has 82 valence electrons. The fourth-order valence-electron chi connectivity index (χ4n) is 0.797. The topological polar surface area (TPSA) is 81.6 Å². The summed E-state index contributed by atoms with van der Waals surface area (Å²) in [5.74, 6) is 5.32. The van der Waals surface area contributed by atoms with Crippen LogP contribution in [0.2, 0.25) is 0 Å². The summed E-state index contributed by atoms with van der Waals surface area (Å²) in [6, 6.07) is 3.25. The van der Waals surface area contributed by atoms with E-state index in [0.717, 1.165) is 4.47 Å². The molecule has 0 unspecified atom stereocenters. The van der Waals surface area contributed by atoms with E-state index in [-0.39, 0.29) is 0 Å². The third kappa shape index (κ3) is 3.30. The van der Waals surface area contributed by atoms with Crippen LogP contribution in [0, 0.1) is 10.1 Å². The maximum Gasteiger partial charge on any atom is 0.318 e. The molecule has 0 aliphatic carbocycles. The summed E-state index contributed by atoms with van der Waals surface area (Å²) in [7, 11) is 0. The van der Waals surface area contributed by atoms with Gasteiger partial charge in [0.25, 0.3) is 0 Å². The zero-order valence-corrected chi connectivity index (χ0v) is 11.7. The highest BCUT2D eigenvalue weighted by Crippen LogP contribution is 2.34. The Bertz CT molecular complexity index is 401. The SMILES string of the molecule is NN(O[N+](=O)[O-])c1cc(Br)c(Br)cc1Br. The lowest BCUT2D eigenvalue weighted by atomic mass is 10.3. The van der Waals surface area contributed by atoms with Crippen molar-refractivity contribution in [2.75, 3.05) is 5.17 Å². The van der Waals surface area contributed by atoms with E-state index in [9.17, 15) is 10.1 Å². The van der Waals surface area contributed by atoms with Crippen LogP contribution in [0.1, 0.15) is 0 Å². The van der Waals surface area contributed by atoms with Crippen LogP contribution in [0.4, 0.5) is 5.69 Å². The molecule has 6 nitrogen and oxygen atoms in total. The van der Waals surface area contributed by atoms with Crippen LogP contribution < -0.4 is 11.0 Å². The monoisotopic (exact) mass is 403 g/mol. The van der Waals surface area contributed by atoms with Gasteiger partial charge in [0.05, 0.1) is 5.69 Å². The van der Waals surface area contributed by atoms with Gasteiger partial charge in [0.15, 0.2) is 0 Å². The summed E-state index contributed by atoms with van der Waals surface area (Å²) in [4.78, 5) is 14.2. The van der Waals surface area contributed by atoms with Crippen LogP contribution in [0.15, 0.2) is 25.6 Å². The first-order valence-corrected chi connectivity index (χ1v) is 5.81. The molecule has 1 rings (SSSR count). The molecule has 0 saturated carbocycles. The molecular formula is C6H4Br3N3O3. The predicted molar refractivity (Wildman–Crippen MR) is 64.3 cm³/mol. The highest BCUT2D eigenvalue weighted by molar-refractivity contribution is 9.13. The Morgan fingerprint density at radius 2 is 1.80 bits per heavy atom. The zero-order valence-electron chi connectivity index (χ0n) is 6.99. The molecule has 1 aromatic rings. The number of hydrogen-bond donors (Lipinski definition) is 1. The Balaban J connectivity index is 3.03. The largest absolute Gasteiger partial charge is 0.318 e. The normalized spacial score (nSPS) is 9.87. The van der Waals surface area contributed by atoms with Crippen molar-refractivity contribution >= 4 is 53.5 Å². The minimum atomic E-state index is -0.998. The van der Waals surface area contributed by atoms with Crippen molar-refractivity contribution in [3.63, 3.8) is 0 Å². The second kappa shape index (κ2) is 5.10. The van der Waals surface area contributed by atoms with Gasteiger partial charge in [-0.3, -0.25) is 0 Å². The third-order valence-corrected chi connectivity index (χ3v) is 3.86. The van der Waals surface area contributed by atoms with E-state index in [2.05, 4.69) is 52.7 Å². The fourth-order valence-corrected chi connectivity index (χ4v) is 2.30. The van der Waals surface area contributed by atoms with Gasteiger partial charge in [-0.1, -0.05) is 0 Å². The molecule has 0 fully saturated rings. The number of rotatable bonds is 3. The van der Waals surface area contributed by atoms with Gasteiger partial charge in [-0.25, -0.2) is 5.84 Å². The first-order valence-electron chi connectivity index (χ1n) is 3.43. The van der Waals surface area contributed by atoms with Gasteiger partial charge in [-0.15, -0.1) is 15.3 Å². The van der Waals surface area contributed by atoms with E-state index in [0.29, 0.717) is 19.8 Å². The summed E-state index contributed by atoms with van der Waals surface area (Å²) < 4.78 is 2.04. The Kier molecular flexibility index (Phi) is 4.32. The van der Waals surface area contributed by atoms with E-state index >= 15 is 0 Å². The van der Waals surface area contributed by atoms with E-state index in [1.807, 2.05) is 0 Å². The van der Waals surface area contributed by atoms with Gasteiger partial charge in [0.2, 0.25) is 0 Å². The maximum absolute atomic E-state index is 10.1. The molecule has 1 aromatic carbocycles. The predicted octanol–water partition coefficient (Wildman–Crippen LogP) is 2.78. The van der Waals surface area contributed by atoms with Crippen molar-refractivity contribution in [1.82, 2.24) is 0 Å². The first-order chi connectivity index (χ1) is 6.91. The molecule has 2 N–H and O–H groups in total. The van der Waals surface area contributed by atoms with Crippen LogP contribution in [0.25, 0.3) is 0 Å². The Morgan fingerprint density at radius 1 is 1.27 bits per heavy atom. The Hall–Kier alpha value is -0.380. The number of anilines is 1. The summed E-state index contributed by atoms with van der Waals surface area (Å²) >= 11 is 9.71. The van der Waals surface area contributed by atoms with Crippen LogP contribution in [-0.4, -0.2) is 5.09 Å². The second-order valence-electron chi connectivity index (χ2n) is 2.35. The first kappa shape index (κ1) is 12.7. The van der Waals surface area contributed by atoms with Gasteiger partial charge < -0.3 is 0 Å². The van der Waals surface area contributed by atoms with Crippen molar-refractivity contribution in [3.8, 4) is 0 Å². The van der Waals surface area contributed by atoms with Gasteiger partial charge in [0, 0.05) is 13.4 Å². The van der Waals surface area contributed by atoms with Crippen molar-refractivity contribution in [2.24, 2.45) is 5.84 Å². The average molecular weight is 406 g/mol. The van der Waals surface area contributed by atoms with Gasteiger partial charge >= 0.3 is 5.09 Å². The van der Waals surface area contributed by atoms with Crippen molar-refractivity contribution < 1.29 is 10.0 Å². The molecule has 15 heavy (non-hydrogen) atoms. The summed E-state index contributed by atoms with van der Waals surface area (Å²) in [5.41, 5.74) is 0.321. The summed E-state index contributed by atoms with van der Waals surface area (Å²) in [6.07, 6.45) is 0. The lowest BCUT2D eigenvalue weighted by Crippen LogP contribution is -2.33. The smallest absolute Gasteiger partial charge is 0.223 e. The fraction of sp³-hybridized carbons (Fsp3) is 0. The molecule has 0 bridgehead atoms. The minimum Gasteiger partial charge on any atom is -0.223 e. The molecule has 0 radical (unpaired) electrons. The zero-order chi connectivity index (χ0) is 11.6. The number of halogens is 3. The van der Waals surface area contributed by atoms with E-state index in [1.165, 1.54) is 0 Å². The minimum absolute atomic E-state index is 0.321. The number of nitrogens with zero attached hydrogens (tertiary/aromatic N) is 2. The molecule has 0 aliphatic rings. The molecule has 0 saturated heterocycles. The Morgan fingerprint density at radius 3 is 2.33 bits per heavy atom. The quantitative estimate of drug-likeness (QED) is 0.362. The lowest BCUT2D eigenvalue weighted by Gasteiger charge is -2.16. The number of nitrogens with two attached hydrogens (primary N) is 1. The van der Waals surface area contributed by atoms with Gasteiger partial charge in [-0.05, 0) is 59.9 Å². The van der Waals surface area contributed by atoms with Crippen molar-refractivity contribution in [2.45, 2.75) is 0 Å². The third-order valence-electron chi connectivity index (χ3n) is 1.38. The highest BCUT2D eigenvalue weighted by Gasteiger charge is 2.12. The van der Waals surface area contributed by atoms with Crippen molar-refractivity contribution in [3.05, 3.63) is 35.7 Å². The van der Waals surface area contributed by atoms with E-state index in [4.69, 9.17) is 5.84 Å². The standard InChI is InChI=1S/C6H4Br3N3O3/c7-3-1-5(9)6(2-4(3)8)11(10)15-12(13)14/h1-2H,10H2. The number of hydrogen-bond acceptors (Lipinski definition) is 5. The average Bonchev–Trinajstić information content (AvgIpc) is 2.09. The van der Waals surface area contributed by atoms with Crippen LogP contribution in [0.5, 0.6) is 0 Å². The molecule has 9 heteroatoms. The Labute approximate surface area is 110 Å². The van der Waals surface area contributed by atoms with E-state index < -0.39 is 5.09 Å². The van der Waals surface area contributed by atoms with Crippen LogP contribution >= 0.6 is 47.8 Å². The molecule has 0 aliphatic heterocycles. The lowest BCUT2D eigenvalue weighted by molar-refractivity contribution is -0.762.